The van der Waals surface area contributed by atoms with Crippen molar-refractivity contribution in [3.05, 3.63) is 63.9 Å². The van der Waals surface area contributed by atoms with Crippen LogP contribution < -0.4 is 5.32 Å². The number of hydrogen-bond donors (Lipinski definition) is 1. The molecular formula is C19H17ClFNO5S. The van der Waals surface area contributed by atoms with E-state index in [1.165, 1.54) is 50.2 Å². The zero-order valence-electron chi connectivity index (χ0n) is 15.1. The summed E-state index contributed by atoms with van der Waals surface area (Å²) in [7, 11) is 2.41. The fourth-order valence-corrected chi connectivity index (χ4v) is 3.23. The lowest BCUT2D eigenvalue weighted by Gasteiger charge is -2.10. The van der Waals surface area contributed by atoms with Crippen LogP contribution >= 0.6 is 23.4 Å². The molecule has 0 heterocycles. The highest BCUT2D eigenvalue weighted by atomic mass is 35.5. The minimum Gasteiger partial charge on any atom is -0.465 e. The molecule has 0 unspecified atom stereocenters. The lowest BCUT2D eigenvalue weighted by Crippen LogP contribution is -2.16. The molecule has 0 bridgehead atoms. The second kappa shape index (κ2) is 10.1. The zero-order chi connectivity index (χ0) is 20.7. The maximum atomic E-state index is 13.7. The summed E-state index contributed by atoms with van der Waals surface area (Å²) in [5, 5.41) is 2.90. The molecule has 2 aromatic carbocycles. The lowest BCUT2D eigenvalue weighted by molar-refractivity contribution is -0.113. The molecule has 0 aliphatic carbocycles. The van der Waals surface area contributed by atoms with E-state index in [1.807, 2.05) is 0 Å². The highest BCUT2D eigenvalue weighted by molar-refractivity contribution is 7.99. The predicted molar refractivity (Wildman–Crippen MR) is 105 cm³/mol. The van der Waals surface area contributed by atoms with Crippen molar-refractivity contribution in [1.82, 2.24) is 0 Å². The Morgan fingerprint density at radius 1 is 1.04 bits per heavy atom. The number of carbonyl (C=O) groups is 3. The van der Waals surface area contributed by atoms with Gasteiger partial charge in [0.25, 0.3) is 0 Å². The van der Waals surface area contributed by atoms with Crippen LogP contribution in [0.4, 0.5) is 10.1 Å². The number of benzene rings is 2. The topological polar surface area (TPSA) is 81.7 Å². The average Bonchev–Trinajstić information content (AvgIpc) is 2.68. The Morgan fingerprint density at radius 3 is 2.18 bits per heavy atom. The Labute approximate surface area is 170 Å². The van der Waals surface area contributed by atoms with E-state index in [9.17, 15) is 18.8 Å². The van der Waals surface area contributed by atoms with E-state index >= 15 is 0 Å². The summed E-state index contributed by atoms with van der Waals surface area (Å²) in [6, 6.07) is 8.44. The highest BCUT2D eigenvalue weighted by Crippen LogP contribution is 2.21. The summed E-state index contributed by atoms with van der Waals surface area (Å²) in [4.78, 5) is 35.7. The number of halogens is 2. The zero-order valence-corrected chi connectivity index (χ0v) is 16.7. The van der Waals surface area contributed by atoms with Gasteiger partial charge < -0.3 is 14.8 Å². The fraction of sp³-hybridized carbons (Fsp3) is 0.211. The molecule has 6 nitrogen and oxygen atoms in total. The first-order chi connectivity index (χ1) is 13.3. The maximum Gasteiger partial charge on any atom is 0.337 e. The first kappa shape index (κ1) is 21.7. The molecule has 1 N–H and O–H groups in total. The van der Waals surface area contributed by atoms with Crippen LogP contribution in [-0.4, -0.2) is 37.8 Å². The van der Waals surface area contributed by atoms with E-state index in [0.717, 1.165) is 0 Å². The molecule has 2 aromatic rings. The number of anilines is 1. The first-order valence-corrected chi connectivity index (χ1v) is 9.50. The van der Waals surface area contributed by atoms with E-state index in [0.29, 0.717) is 10.6 Å². The smallest absolute Gasteiger partial charge is 0.337 e. The van der Waals surface area contributed by atoms with E-state index in [2.05, 4.69) is 14.8 Å². The van der Waals surface area contributed by atoms with Gasteiger partial charge in [0.2, 0.25) is 5.91 Å². The van der Waals surface area contributed by atoms with Crippen molar-refractivity contribution in [3.63, 3.8) is 0 Å². The number of methoxy groups -OCH3 is 2. The van der Waals surface area contributed by atoms with Gasteiger partial charge in [0.15, 0.2) is 0 Å². The van der Waals surface area contributed by atoms with E-state index < -0.39 is 17.8 Å². The maximum absolute atomic E-state index is 13.7. The normalized spacial score (nSPS) is 10.3. The van der Waals surface area contributed by atoms with Gasteiger partial charge >= 0.3 is 11.9 Å². The predicted octanol–water partition coefficient (Wildman–Crippen LogP) is 3.92. The molecule has 0 aliphatic rings. The van der Waals surface area contributed by atoms with Gasteiger partial charge in [-0.25, -0.2) is 14.0 Å². The van der Waals surface area contributed by atoms with Crippen LogP contribution in [0.3, 0.4) is 0 Å². The summed E-state index contributed by atoms with van der Waals surface area (Å²) in [6.07, 6.45) is 0. The van der Waals surface area contributed by atoms with Crippen LogP contribution in [0.1, 0.15) is 26.3 Å². The fourth-order valence-electron chi connectivity index (χ4n) is 2.26. The Kier molecular flexibility index (Phi) is 7.83. The first-order valence-electron chi connectivity index (χ1n) is 7.97. The molecule has 1 amide bonds. The number of carbonyl (C=O) groups excluding carboxylic acids is 3. The lowest BCUT2D eigenvalue weighted by atomic mass is 10.1. The van der Waals surface area contributed by atoms with Crippen LogP contribution in [-0.2, 0) is 20.0 Å². The molecule has 148 valence electrons. The Bertz CT molecular complexity index is 872. The van der Waals surface area contributed by atoms with Crippen molar-refractivity contribution in [2.75, 3.05) is 25.3 Å². The van der Waals surface area contributed by atoms with Gasteiger partial charge in [-0.05, 0) is 35.9 Å². The van der Waals surface area contributed by atoms with Gasteiger partial charge in [0.1, 0.15) is 5.82 Å². The number of hydrogen-bond acceptors (Lipinski definition) is 6. The summed E-state index contributed by atoms with van der Waals surface area (Å²) in [6.45, 7) is 0. The Hall–Kier alpha value is -2.58. The third-order valence-corrected chi connectivity index (χ3v) is 4.78. The second-order valence-electron chi connectivity index (χ2n) is 5.56. The minimum absolute atomic E-state index is 0.0398. The van der Waals surface area contributed by atoms with Gasteiger partial charge in [0, 0.05) is 16.5 Å². The summed E-state index contributed by atoms with van der Waals surface area (Å²) in [5.74, 6) is -1.81. The van der Waals surface area contributed by atoms with Crippen LogP contribution in [0, 0.1) is 5.82 Å². The van der Waals surface area contributed by atoms with Crippen molar-refractivity contribution in [2.24, 2.45) is 0 Å². The molecule has 0 spiro atoms. The van der Waals surface area contributed by atoms with E-state index in [1.54, 1.807) is 12.1 Å². The standard InChI is InChI=1S/C19H17ClFNO5S/c1-26-18(24)12-5-13(19(25)27-2)7-15(6-12)22-17(23)10-28-9-11-3-4-14(20)8-16(11)21/h3-8H,9-10H2,1-2H3,(H,22,23). The molecule has 0 saturated carbocycles. The van der Waals surface area contributed by atoms with E-state index in [-0.39, 0.29) is 34.2 Å². The van der Waals surface area contributed by atoms with Crippen LogP contribution in [0.2, 0.25) is 5.02 Å². The quantitative estimate of drug-likeness (QED) is 0.677. The molecule has 28 heavy (non-hydrogen) atoms. The molecule has 0 fully saturated rings. The van der Waals surface area contributed by atoms with Crippen LogP contribution in [0.25, 0.3) is 0 Å². The van der Waals surface area contributed by atoms with Crippen molar-refractivity contribution >= 4 is 46.9 Å². The second-order valence-corrected chi connectivity index (χ2v) is 6.98. The van der Waals surface area contributed by atoms with Gasteiger partial charge in [-0.2, -0.15) is 0 Å². The number of esters is 2. The van der Waals surface area contributed by atoms with Crippen LogP contribution in [0.15, 0.2) is 36.4 Å². The number of ether oxygens (including phenoxy) is 2. The average molecular weight is 426 g/mol. The van der Waals surface area contributed by atoms with E-state index in [4.69, 9.17) is 11.6 Å². The minimum atomic E-state index is -0.658. The molecule has 0 atom stereocenters. The third kappa shape index (κ3) is 5.97. The highest BCUT2D eigenvalue weighted by Gasteiger charge is 2.15. The van der Waals surface area contributed by atoms with Crippen LogP contribution in [0.5, 0.6) is 0 Å². The molecule has 2 rings (SSSR count). The number of rotatable bonds is 7. The number of thioether (sulfide) groups is 1. The Morgan fingerprint density at radius 2 is 1.64 bits per heavy atom. The summed E-state index contributed by atoms with van der Waals surface area (Å²) < 4.78 is 23.0. The van der Waals surface area contributed by atoms with Crippen molar-refractivity contribution in [1.29, 1.82) is 0 Å². The van der Waals surface area contributed by atoms with Gasteiger partial charge in [-0.3, -0.25) is 4.79 Å². The Balaban J connectivity index is 2.03. The summed E-state index contributed by atoms with van der Waals surface area (Å²) in [5.41, 5.74) is 0.864. The SMILES string of the molecule is COC(=O)c1cc(NC(=O)CSCc2ccc(Cl)cc2F)cc(C(=O)OC)c1. The molecule has 0 aromatic heterocycles. The molecule has 9 heteroatoms. The molecule has 0 aliphatic heterocycles. The van der Waals surface area contributed by atoms with Crippen molar-refractivity contribution < 1.29 is 28.2 Å². The number of nitrogens with one attached hydrogen (secondary N) is 1. The van der Waals surface area contributed by atoms with Gasteiger partial charge in [0.05, 0.1) is 31.1 Å². The molecule has 0 saturated heterocycles. The monoisotopic (exact) mass is 425 g/mol. The van der Waals surface area contributed by atoms with Crippen molar-refractivity contribution in [3.8, 4) is 0 Å². The molecular weight excluding hydrogens is 409 g/mol. The third-order valence-electron chi connectivity index (χ3n) is 3.56. The van der Waals surface area contributed by atoms with Gasteiger partial charge in [-0.1, -0.05) is 17.7 Å². The van der Waals surface area contributed by atoms with Crippen molar-refractivity contribution in [2.45, 2.75) is 5.75 Å². The summed E-state index contributed by atoms with van der Waals surface area (Å²) >= 11 is 6.91. The molecule has 0 radical (unpaired) electrons. The number of amides is 1. The largest absolute Gasteiger partial charge is 0.465 e. The van der Waals surface area contributed by atoms with Gasteiger partial charge in [-0.15, -0.1) is 11.8 Å².